The zero-order valence-corrected chi connectivity index (χ0v) is 13.1. The highest BCUT2D eigenvalue weighted by atomic mass is 35.5. The SMILES string of the molecule is O=C(O)c1ccccc1Sc1c(O)c2ccc(Cl)cc2[nH]c1=O. The van der Waals surface area contributed by atoms with Crippen LogP contribution in [-0.2, 0) is 0 Å². The summed E-state index contributed by atoms with van der Waals surface area (Å²) in [6.07, 6.45) is 0. The first-order valence-electron chi connectivity index (χ1n) is 6.52. The number of benzene rings is 2. The third kappa shape index (κ3) is 2.91. The van der Waals surface area contributed by atoms with Gasteiger partial charge in [0.25, 0.3) is 5.56 Å². The number of rotatable bonds is 3. The summed E-state index contributed by atoms with van der Waals surface area (Å²) in [4.78, 5) is 26.5. The van der Waals surface area contributed by atoms with Gasteiger partial charge >= 0.3 is 5.97 Å². The molecule has 0 saturated heterocycles. The number of fused-ring (bicyclic) bond motifs is 1. The molecule has 0 aliphatic carbocycles. The number of carboxylic acid groups (broad SMARTS) is 1. The first-order chi connectivity index (χ1) is 11.0. The lowest BCUT2D eigenvalue weighted by molar-refractivity contribution is 0.0693. The van der Waals surface area contributed by atoms with E-state index in [9.17, 15) is 19.8 Å². The van der Waals surface area contributed by atoms with E-state index in [-0.39, 0.29) is 16.2 Å². The molecule has 5 nitrogen and oxygen atoms in total. The molecule has 3 aromatic rings. The Kier molecular flexibility index (Phi) is 4.02. The number of halogens is 1. The zero-order valence-electron chi connectivity index (χ0n) is 11.5. The molecule has 3 N–H and O–H groups in total. The van der Waals surface area contributed by atoms with Crippen molar-refractivity contribution in [3.05, 3.63) is 63.4 Å². The van der Waals surface area contributed by atoms with Crippen LogP contribution in [0.5, 0.6) is 5.75 Å². The van der Waals surface area contributed by atoms with Crippen LogP contribution in [-0.4, -0.2) is 21.2 Å². The van der Waals surface area contributed by atoms with Crippen LogP contribution in [0.1, 0.15) is 10.4 Å². The Bertz CT molecular complexity index is 983. The van der Waals surface area contributed by atoms with Gasteiger partial charge in [-0.15, -0.1) is 0 Å². The maximum Gasteiger partial charge on any atom is 0.336 e. The lowest BCUT2D eigenvalue weighted by atomic mass is 10.2. The van der Waals surface area contributed by atoms with E-state index in [0.29, 0.717) is 20.8 Å². The standard InChI is InChI=1S/C16H10ClNO4S/c17-8-5-6-9-11(7-8)18-15(20)14(13(9)19)23-12-4-2-1-3-10(12)16(21)22/h1-7H,(H,21,22)(H2,18,19,20). The molecule has 0 radical (unpaired) electrons. The lowest BCUT2D eigenvalue weighted by Gasteiger charge is -2.09. The molecule has 1 aromatic heterocycles. The molecule has 0 aliphatic heterocycles. The van der Waals surface area contributed by atoms with Crippen LogP contribution in [0.2, 0.25) is 5.02 Å². The number of H-pyrrole nitrogens is 1. The number of hydrogen-bond acceptors (Lipinski definition) is 4. The summed E-state index contributed by atoms with van der Waals surface area (Å²) in [6, 6.07) is 11.0. The lowest BCUT2D eigenvalue weighted by Crippen LogP contribution is -2.09. The van der Waals surface area contributed by atoms with Crippen molar-refractivity contribution in [1.29, 1.82) is 0 Å². The summed E-state index contributed by atoms with van der Waals surface area (Å²) >= 11 is 6.78. The first kappa shape index (κ1) is 15.5. The van der Waals surface area contributed by atoms with Crippen LogP contribution in [0.3, 0.4) is 0 Å². The fourth-order valence-electron chi connectivity index (χ4n) is 2.17. The summed E-state index contributed by atoms with van der Waals surface area (Å²) in [5.74, 6) is -1.30. The molecule has 0 saturated carbocycles. The molecule has 0 amide bonds. The molecule has 0 fully saturated rings. The molecule has 23 heavy (non-hydrogen) atoms. The van der Waals surface area contributed by atoms with Gasteiger partial charge in [-0.2, -0.15) is 0 Å². The summed E-state index contributed by atoms with van der Waals surface area (Å²) in [7, 11) is 0. The minimum Gasteiger partial charge on any atom is -0.506 e. The van der Waals surface area contributed by atoms with E-state index in [1.54, 1.807) is 30.3 Å². The largest absolute Gasteiger partial charge is 0.506 e. The number of carbonyl (C=O) groups is 1. The van der Waals surface area contributed by atoms with E-state index in [2.05, 4.69) is 4.98 Å². The number of nitrogens with one attached hydrogen (secondary N) is 1. The summed E-state index contributed by atoms with van der Waals surface area (Å²) in [5.41, 5.74) is -0.0363. The Balaban J connectivity index is 2.16. The Labute approximate surface area is 139 Å². The van der Waals surface area contributed by atoms with Gasteiger partial charge in [0.2, 0.25) is 0 Å². The maximum absolute atomic E-state index is 12.2. The van der Waals surface area contributed by atoms with Gasteiger partial charge in [0.05, 0.1) is 11.1 Å². The van der Waals surface area contributed by atoms with Gasteiger partial charge < -0.3 is 15.2 Å². The predicted octanol–water partition coefficient (Wildman–Crippen LogP) is 3.74. The summed E-state index contributed by atoms with van der Waals surface area (Å²) in [6.45, 7) is 0. The van der Waals surface area contributed by atoms with Gasteiger partial charge in [0, 0.05) is 15.3 Å². The van der Waals surface area contributed by atoms with Gasteiger partial charge in [0.1, 0.15) is 10.6 Å². The van der Waals surface area contributed by atoms with Crippen molar-refractivity contribution in [2.75, 3.05) is 0 Å². The molecule has 0 unspecified atom stereocenters. The van der Waals surface area contributed by atoms with Crippen molar-refractivity contribution >= 4 is 40.2 Å². The first-order valence-corrected chi connectivity index (χ1v) is 7.71. The molecule has 0 bridgehead atoms. The van der Waals surface area contributed by atoms with Gasteiger partial charge in [-0.3, -0.25) is 4.79 Å². The zero-order chi connectivity index (χ0) is 16.6. The summed E-state index contributed by atoms with van der Waals surface area (Å²) < 4.78 is 0. The average Bonchev–Trinajstić information content (AvgIpc) is 2.51. The fraction of sp³-hybridized carbons (Fsp3) is 0. The Morgan fingerprint density at radius 3 is 2.65 bits per heavy atom. The van der Waals surface area contributed by atoms with Crippen molar-refractivity contribution < 1.29 is 15.0 Å². The van der Waals surface area contributed by atoms with E-state index in [1.807, 2.05) is 0 Å². The van der Waals surface area contributed by atoms with E-state index in [1.165, 1.54) is 12.1 Å². The van der Waals surface area contributed by atoms with E-state index < -0.39 is 11.5 Å². The van der Waals surface area contributed by atoms with Crippen molar-refractivity contribution in [1.82, 2.24) is 4.98 Å². The third-order valence-electron chi connectivity index (χ3n) is 3.24. The molecular weight excluding hydrogens is 338 g/mol. The molecule has 116 valence electrons. The van der Waals surface area contributed by atoms with Crippen LogP contribution in [0, 0.1) is 0 Å². The Morgan fingerprint density at radius 2 is 1.91 bits per heavy atom. The molecule has 0 spiro atoms. The molecule has 7 heteroatoms. The predicted molar refractivity (Wildman–Crippen MR) is 88.8 cm³/mol. The van der Waals surface area contributed by atoms with Gasteiger partial charge in [-0.1, -0.05) is 35.5 Å². The number of aromatic hydroxyl groups is 1. The number of aromatic carboxylic acids is 1. The van der Waals surface area contributed by atoms with E-state index >= 15 is 0 Å². The van der Waals surface area contributed by atoms with Gasteiger partial charge in [0.15, 0.2) is 0 Å². The highest BCUT2D eigenvalue weighted by Crippen LogP contribution is 2.37. The maximum atomic E-state index is 12.2. The highest BCUT2D eigenvalue weighted by molar-refractivity contribution is 7.99. The van der Waals surface area contributed by atoms with Crippen molar-refractivity contribution in [2.45, 2.75) is 9.79 Å². The Morgan fingerprint density at radius 1 is 1.17 bits per heavy atom. The normalized spacial score (nSPS) is 10.8. The van der Waals surface area contributed by atoms with Crippen molar-refractivity contribution in [3.8, 4) is 5.75 Å². The number of pyridine rings is 1. The second-order valence-corrected chi connectivity index (χ2v) is 6.21. The van der Waals surface area contributed by atoms with E-state index in [0.717, 1.165) is 11.8 Å². The molecule has 0 atom stereocenters. The van der Waals surface area contributed by atoms with E-state index in [4.69, 9.17) is 11.6 Å². The number of hydrogen-bond donors (Lipinski definition) is 3. The van der Waals surface area contributed by atoms with Crippen LogP contribution < -0.4 is 5.56 Å². The molecule has 3 rings (SSSR count). The monoisotopic (exact) mass is 347 g/mol. The number of carboxylic acids is 1. The third-order valence-corrected chi connectivity index (χ3v) is 4.63. The van der Waals surface area contributed by atoms with Gasteiger partial charge in [-0.25, -0.2) is 4.79 Å². The minimum absolute atomic E-state index is 0.0357. The second-order valence-electron chi connectivity index (χ2n) is 4.73. The molecular formula is C16H10ClNO4S. The quantitative estimate of drug-likeness (QED) is 0.671. The van der Waals surface area contributed by atoms with Crippen LogP contribution in [0.15, 0.2) is 57.1 Å². The second kappa shape index (κ2) is 5.98. The number of aromatic nitrogens is 1. The van der Waals surface area contributed by atoms with Crippen molar-refractivity contribution in [3.63, 3.8) is 0 Å². The topological polar surface area (TPSA) is 90.4 Å². The van der Waals surface area contributed by atoms with Crippen molar-refractivity contribution in [2.24, 2.45) is 0 Å². The Hall–Kier alpha value is -2.44. The highest BCUT2D eigenvalue weighted by Gasteiger charge is 2.17. The van der Waals surface area contributed by atoms with Crippen LogP contribution in [0.25, 0.3) is 10.9 Å². The van der Waals surface area contributed by atoms with Crippen LogP contribution >= 0.6 is 23.4 Å². The fourth-order valence-corrected chi connectivity index (χ4v) is 3.33. The molecule has 2 aromatic carbocycles. The summed E-state index contributed by atoms with van der Waals surface area (Å²) in [5, 5.41) is 20.5. The smallest absolute Gasteiger partial charge is 0.336 e. The molecule has 0 aliphatic rings. The van der Waals surface area contributed by atoms with Crippen LogP contribution in [0.4, 0.5) is 0 Å². The molecule has 1 heterocycles. The van der Waals surface area contributed by atoms with Gasteiger partial charge in [-0.05, 0) is 30.3 Å². The minimum atomic E-state index is -1.10. The average molecular weight is 348 g/mol. The number of aromatic amines is 1.